The van der Waals surface area contributed by atoms with Gasteiger partial charge < -0.3 is 5.32 Å². The predicted octanol–water partition coefficient (Wildman–Crippen LogP) is 3.18. The fourth-order valence-corrected chi connectivity index (χ4v) is 1.89. The Balaban J connectivity index is 2.25. The number of aryl methyl sites for hydroxylation is 1. The first kappa shape index (κ1) is 13.0. The summed E-state index contributed by atoms with van der Waals surface area (Å²) in [5.74, 6) is -0.134. The van der Waals surface area contributed by atoms with E-state index in [2.05, 4.69) is 5.32 Å². The minimum Gasteiger partial charge on any atom is -0.326 e. The molecule has 0 bridgehead atoms. The zero-order chi connectivity index (χ0) is 13.8. The largest absolute Gasteiger partial charge is 0.326 e. The van der Waals surface area contributed by atoms with Crippen molar-refractivity contribution in [3.63, 3.8) is 0 Å². The van der Waals surface area contributed by atoms with Crippen LogP contribution in [0.1, 0.15) is 28.4 Å². The fraction of sp³-hybridized carbons (Fsp3) is 0.125. The first-order chi connectivity index (χ1) is 9.08. The van der Waals surface area contributed by atoms with Crippen molar-refractivity contribution in [3.05, 3.63) is 65.2 Å². The molecule has 0 saturated heterocycles. The maximum Gasteiger partial charge on any atom is 0.221 e. The number of nitrogens with one attached hydrogen (secondary N) is 1. The third-order valence-corrected chi connectivity index (χ3v) is 2.86. The molecule has 19 heavy (non-hydrogen) atoms. The van der Waals surface area contributed by atoms with Gasteiger partial charge in [0.1, 0.15) is 0 Å². The fourth-order valence-electron chi connectivity index (χ4n) is 1.89. The second-order valence-electron chi connectivity index (χ2n) is 4.40. The van der Waals surface area contributed by atoms with Crippen LogP contribution in [0.25, 0.3) is 0 Å². The maximum absolute atomic E-state index is 12.3. The van der Waals surface area contributed by atoms with Crippen LogP contribution in [0.5, 0.6) is 0 Å². The summed E-state index contributed by atoms with van der Waals surface area (Å²) in [6.07, 6.45) is 0. The van der Waals surface area contributed by atoms with Crippen molar-refractivity contribution >= 4 is 17.4 Å². The Hall–Kier alpha value is -2.42. The minimum absolute atomic E-state index is 0.00697. The van der Waals surface area contributed by atoms with Crippen LogP contribution in [0, 0.1) is 6.92 Å². The summed E-state index contributed by atoms with van der Waals surface area (Å²) >= 11 is 0. The van der Waals surface area contributed by atoms with E-state index in [0.29, 0.717) is 16.8 Å². The number of benzene rings is 2. The third-order valence-electron chi connectivity index (χ3n) is 2.86. The summed E-state index contributed by atoms with van der Waals surface area (Å²) < 4.78 is 0. The van der Waals surface area contributed by atoms with Crippen molar-refractivity contribution in [1.29, 1.82) is 0 Å². The van der Waals surface area contributed by atoms with Gasteiger partial charge in [-0.05, 0) is 36.8 Å². The van der Waals surface area contributed by atoms with Crippen molar-refractivity contribution < 1.29 is 9.59 Å². The van der Waals surface area contributed by atoms with E-state index < -0.39 is 0 Å². The predicted molar refractivity (Wildman–Crippen MR) is 75.4 cm³/mol. The van der Waals surface area contributed by atoms with Crippen molar-refractivity contribution in [2.45, 2.75) is 13.8 Å². The molecule has 0 spiro atoms. The lowest BCUT2D eigenvalue weighted by Gasteiger charge is -2.06. The number of carbonyl (C=O) groups is 2. The van der Waals surface area contributed by atoms with Gasteiger partial charge in [0.15, 0.2) is 5.78 Å². The van der Waals surface area contributed by atoms with Crippen LogP contribution in [0.4, 0.5) is 5.69 Å². The molecular formula is C16H15NO2. The number of amides is 1. The molecule has 0 fully saturated rings. The standard InChI is InChI=1S/C16H15NO2/c1-11-5-3-4-6-15(11)16(19)13-7-9-14(10-8-13)17-12(2)18/h3-10H,1-2H3,(H,17,18). The number of anilines is 1. The monoisotopic (exact) mass is 253 g/mol. The summed E-state index contributed by atoms with van der Waals surface area (Å²) in [5, 5.41) is 2.67. The van der Waals surface area contributed by atoms with Crippen molar-refractivity contribution in [1.82, 2.24) is 0 Å². The number of carbonyl (C=O) groups excluding carboxylic acids is 2. The van der Waals surface area contributed by atoms with Gasteiger partial charge in [0.05, 0.1) is 0 Å². The molecule has 3 heteroatoms. The molecule has 96 valence electrons. The van der Waals surface area contributed by atoms with Gasteiger partial charge in [0.2, 0.25) is 5.91 Å². The average Bonchev–Trinajstić information content (AvgIpc) is 2.39. The Kier molecular flexibility index (Phi) is 3.76. The highest BCUT2D eigenvalue weighted by molar-refractivity contribution is 6.10. The summed E-state index contributed by atoms with van der Waals surface area (Å²) in [6, 6.07) is 14.4. The van der Waals surface area contributed by atoms with Gasteiger partial charge in [-0.15, -0.1) is 0 Å². The molecule has 0 atom stereocenters. The summed E-state index contributed by atoms with van der Waals surface area (Å²) in [4.78, 5) is 23.2. The van der Waals surface area contributed by atoms with Gasteiger partial charge in [0.25, 0.3) is 0 Å². The van der Waals surface area contributed by atoms with Crippen LogP contribution >= 0.6 is 0 Å². The van der Waals surface area contributed by atoms with Gasteiger partial charge in [-0.2, -0.15) is 0 Å². The molecule has 0 aliphatic carbocycles. The van der Waals surface area contributed by atoms with Crippen LogP contribution in [0.3, 0.4) is 0 Å². The van der Waals surface area contributed by atoms with Crippen molar-refractivity contribution in [3.8, 4) is 0 Å². The van der Waals surface area contributed by atoms with Gasteiger partial charge in [-0.3, -0.25) is 9.59 Å². The van der Waals surface area contributed by atoms with Crippen LogP contribution in [-0.4, -0.2) is 11.7 Å². The molecular weight excluding hydrogens is 238 g/mol. The summed E-state index contributed by atoms with van der Waals surface area (Å²) in [6.45, 7) is 3.37. The van der Waals surface area contributed by atoms with E-state index in [1.165, 1.54) is 6.92 Å². The topological polar surface area (TPSA) is 46.2 Å². The number of hydrogen-bond donors (Lipinski definition) is 1. The van der Waals surface area contributed by atoms with E-state index in [1.807, 2.05) is 31.2 Å². The highest BCUT2D eigenvalue weighted by atomic mass is 16.1. The molecule has 2 rings (SSSR count). The Morgan fingerprint density at radius 1 is 0.947 bits per heavy atom. The van der Waals surface area contributed by atoms with Crippen molar-refractivity contribution in [2.24, 2.45) is 0 Å². The average molecular weight is 253 g/mol. The normalized spacial score (nSPS) is 10.0. The number of hydrogen-bond acceptors (Lipinski definition) is 2. The summed E-state index contributed by atoms with van der Waals surface area (Å²) in [7, 11) is 0. The van der Waals surface area contributed by atoms with Gasteiger partial charge in [-0.25, -0.2) is 0 Å². The van der Waals surface area contributed by atoms with Crippen LogP contribution in [0.2, 0.25) is 0 Å². The zero-order valence-electron chi connectivity index (χ0n) is 10.9. The van der Waals surface area contributed by atoms with Gasteiger partial charge >= 0.3 is 0 Å². The minimum atomic E-state index is -0.127. The molecule has 1 N–H and O–H groups in total. The van der Waals surface area contributed by atoms with Crippen LogP contribution in [0.15, 0.2) is 48.5 Å². The molecule has 0 heterocycles. The number of ketones is 1. The molecule has 0 aliphatic rings. The third kappa shape index (κ3) is 3.07. The Morgan fingerprint density at radius 3 is 2.16 bits per heavy atom. The van der Waals surface area contributed by atoms with Gasteiger partial charge in [0, 0.05) is 23.7 Å². The smallest absolute Gasteiger partial charge is 0.221 e. The molecule has 0 unspecified atom stereocenters. The molecule has 2 aromatic carbocycles. The van der Waals surface area contributed by atoms with E-state index >= 15 is 0 Å². The molecule has 1 amide bonds. The molecule has 0 aromatic heterocycles. The number of rotatable bonds is 3. The molecule has 0 aliphatic heterocycles. The quantitative estimate of drug-likeness (QED) is 0.854. The lowest BCUT2D eigenvalue weighted by atomic mass is 9.99. The van der Waals surface area contributed by atoms with E-state index in [1.54, 1.807) is 24.3 Å². The van der Waals surface area contributed by atoms with Gasteiger partial charge in [-0.1, -0.05) is 24.3 Å². The molecule has 3 nitrogen and oxygen atoms in total. The van der Waals surface area contributed by atoms with E-state index in [4.69, 9.17) is 0 Å². The Morgan fingerprint density at radius 2 is 1.58 bits per heavy atom. The first-order valence-corrected chi connectivity index (χ1v) is 6.06. The zero-order valence-corrected chi connectivity index (χ0v) is 10.9. The lowest BCUT2D eigenvalue weighted by molar-refractivity contribution is -0.114. The SMILES string of the molecule is CC(=O)Nc1ccc(C(=O)c2ccccc2C)cc1. The van der Waals surface area contributed by atoms with Crippen molar-refractivity contribution in [2.75, 3.05) is 5.32 Å². The second kappa shape index (κ2) is 5.48. The van der Waals surface area contributed by atoms with E-state index in [9.17, 15) is 9.59 Å². The maximum atomic E-state index is 12.3. The second-order valence-corrected chi connectivity index (χ2v) is 4.40. The van der Waals surface area contributed by atoms with Crippen LogP contribution in [-0.2, 0) is 4.79 Å². The van der Waals surface area contributed by atoms with E-state index in [-0.39, 0.29) is 11.7 Å². The van der Waals surface area contributed by atoms with Crippen LogP contribution < -0.4 is 5.32 Å². The molecule has 0 radical (unpaired) electrons. The Bertz CT molecular complexity index is 615. The molecule has 2 aromatic rings. The Labute approximate surface area is 112 Å². The summed E-state index contributed by atoms with van der Waals surface area (Å²) in [5.41, 5.74) is 2.96. The highest BCUT2D eigenvalue weighted by Gasteiger charge is 2.10. The highest BCUT2D eigenvalue weighted by Crippen LogP contribution is 2.16. The van der Waals surface area contributed by atoms with E-state index in [0.717, 1.165) is 5.56 Å². The lowest BCUT2D eigenvalue weighted by Crippen LogP contribution is -2.07. The first-order valence-electron chi connectivity index (χ1n) is 6.06. The molecule has 0 saturated carbocycles.